The smallest absolute Gasteiger partial charge is 0.123 e. The van der Waals surface area contributed by atoms with E-state index in [0.717, 1.165) is 25.3 Å². The number of benzene rings is 1. The molecule has 1 unspecified atom stereocenters. The maximum Gasteiger partial charge on any atom is 0.123 e. The molecule has 1 aromatic carbocycles. The van der Waals surface area contributed by atoms with Gasteiger partial charge < -0.3 is 5.32 Å². The fourth-order valence-electron chi connectivity index (χ4n) is 3.04. The van der Waals surface area contributed by atoms with E-state index in [1.54, 1.807) is 12.1 Å². The predicted molar refractivity (Wildman–Crippen MR) is 67.4 cm³/mol. The Balaban J connectivity index is 1.55. The number of fused-ring (bicyclic) bond motifs is 1. The summed E-state index contributed by atoms with van der Waals surface area (Å²) in [5, 5.41) is 3.63. The molecule has 0 aromatic heterocycles. The molecule has 1 aromatic rings. The maximum absolute atomic E-state index is 13.1. The summed E-state index contributed by atoms with van der Waals surface area (Å²) in [6.45, 7) is 1.12. The average Bonchev–Trinajstić information content (AvgIpc) is 2.64. The molecule has 1 fully saturated rings. The van der Waals surface area contributed by atoms with Crippen LogP contribution in [0, 0.1) is 11.7 Å². The fourth-order valence-corrected chi connectivity index (χ4v) is 3.04. The molecule has 0 radical (unpaired) electrons. The Bertz CT molecular complexity index is 398. The third kappa shape index (κ3) is 2.37. The van der Waals surface area contributed by atoms with Gasteiger partial charge in [-0.2, -0.15) is 0 Å². The first-order valence-electron chi connectivity index (χ1n) is 6.84. The van der Waals surface area contributed by atoms with E-state index in [1.807, 2.05) is 6.07 Å². The van der Waals surface area contributed by atoms with Gasteiger partial charge in [0.1, 0.15) is 5.82 Å². The van der Waals surface area contributed by atoms with Gasteiger partial charge in [0.2, 0.25) is 0 Å². The Morgan fingerprint density at radius 2 is 2.12 bits per heavy atom. The highest BCUT2D eigenvalue weighted by Gasteiger charge is 2.23. The van der Waals surface area contributed by atoms with Gasteiger partial charge in [0, 0.05) is 6.04 Å². The molecule has 17 heavy (non-hydrogen) atoms. The van der Waals surface area contributed by atoms with Crippen LogP contribution < -0.4 is 5.32 Å². The van der Waals surface area contributed by atoms with Crippen LogP contribution in [-0.4, -0.2) is 6.54 Å². The van der Waals surface area contributed by atoms with Crippen molar-refractivity contribution in [2.75, 3.05) is 6.54 Å². The fraction of sp³-hybridized carbons (Fsp3) is 0.600. The van der Waals surface area contributed by atoms with Gasteiger partial charge in [-0.15, -0.1) is 0 Å². The predicted octanol–water partition coefficient (Wildman–Crippen LogP) is 3.59. The van der Waals surface area contributed by atoms with Crippen LogP contribution in [0.15, 0.2) is 18.2 Å². The lowest BCUT2D eigenvalue weighted by Crippen LogP contribution is -2.24. The number of aryl methyl sites for hydroxylation is 1. The van der Waals surface area contributed by atoms with Gasteiger partial charge in [-0.1, -0.05) is 25.3 Å². The second kappa shape index (κ2) is 4.77. The van der Waals surface area contributed by atoms with Crippen molar-refractivity contribution in [2.24, 2.45) is 5.92 Å². The lowest BCUT2D eigenvalue weighted by Gasteiger charge is -2.26. The van der Waals surface area contributed by atoms with Gasteiger partial charge in [-0.3, -0.25) is 0 Å². The summed E-state index contributed by atoms with van der Waals surface area (Å²) in [5.74, 6) is 0.871. The monoisotopic (exact) mass is 233 g/mol. The molecule has 0 heterocycles. The van der Waals surface area contributed by atoms with Crippen molar-refractivity contribution < 1.29 is 4.39 Å². The van der Waals surface area contributed by atoms with E-state index in [2.05, 4.69) is 5.32 Å². The SMILES string of the molecule is Fc1ccc2c(c1)CCC2NCCC1CCC1. The van der Waals surface area contributed by atoms with Crippen molar-refractivity contribution in [3.05, 3.63) is 35.1 Å². The van der Waals surface area contributed by atoms with Gasteiger partial charge in [-0.25, -0.2) is 4.39 Å². The van der Waals surface area contributed by atoms with Gasteiger partial charge in [0.05, 0.1) is 0 Å². The van der Waals surface area contributed by atoms with Crippen LogP contribution in [-0.2, 0) is 6.42 Å². The van der Waals surface area contributed by atoms with Crippen molar-refractivity contribution in [2.45, 2.75) is 44.6 Å². The Morgan fingerprint density at radius 3 is 2.88 bits per heavy atom. The van der Waals surface area contributed by atoms with Gasteiger partial charge in [0.15, 0.2) is 0 Å². The zero-order chi connectivity index (χ0) is 11.7. The normalized spacial score (nSPS) is 23.5. The van der Waals surface area contributed by atoms with E-state index in [1.165, 1.54) is 36.8 Å². The average molecular weight is 233 g/mol. The summed E-state index contributed by atoms with van der Waals surface area (Å²) in [6.07, 6.45) is 7.74. The minimum absolute atomic E-state index is 0.0983. The number of nitrogens with one attached hydrogen (secondary N) is 1. The standard InChI is InChI=1S/C15H20FN/c16-13-5-6-14-12(10-13)4-7-15(14)17-9-8-11-2-1-3-11/h5-6,10-11,15,17H,1-4,7-9H2. The summed E-state index contributed by atoms with van der Waals surface area (Å²) in [6, 6.07) is 5.71. The molecule has 3 rings (SSSR count). The molecular weight excluding hydrogens is 213 g/mol. The first kappa shape index (κ1) is 11.2. The quantitative estimate of drug-likeness (QED) is 0.838. The van der Waals surface area contributed by atoms with Crippen LogP contribution in [0.3, 0.4) is 0 Å². The van der Waals surface area contributed by atoms with Gasteiger partial charge >= 0.3 is 0 Å². The lowest BCUT2D eigenvalue weighted by atomic mass is 9.83. The molecule has 0 spiro atoms. The largest absolute Gasteiger partial charge is 0.310 e. The number of hydrogen-bond donors (Lipinski definition) is 1. The van der Waals surface area contributed by atoms with Crippen LogP contribution in [0.25, 0.3) is 0 Å². The molecule has 0 aliphatic heterocycles. The van der Waals surface area contributed by atoms with Crippen molar-refractivity contribution in [3.8, 4) is 0 Å². The van der Waals surface area contributed by atoms with E-state index < -0.39 is 0 Å². The molecule has 2 aliphatic rings. The molecule has 2 heteroatoms. The van der Waals surface area contributed by atoms with Crippen LogP contribution in [0.2, 0.25) is 0 Å². The summed E-state index contributed by atoms with van der Waals surface area (Å²) in [7, 11) is 0. The molecule has 1 atom stereocenters. The second-order valence-corrected chi connectivity index (χ2v) is 5.47. The van der Waals surface area contributed by atoms with Gasteiger partial charge in [0.25, 0.3) is 0 Å². The van der Waals surface area contributed by atoms with E-state index in [9.17, 15) is 4.39 Å². The summed E-state index contributed by atoms with van der Waals surface area (Å²) >= 11 is 0. The van der Waals surface area contributed by atoms with E-state index in [4.69, 9.17) is 0 Å². The third-order valence-corrected chi connectivity index (χ3v) is 4.35. The van der Waals surface area contributed by atoms with Gasteiger partial charge in [-0.05, 0) is 55.0 Å². The third-order valence-electron chi connectivity index (χ3n) is 4.35. The number of halogens is 1. The van der Waals surface area contributed by atoms with Crippen LogP contribution >= 0.6 is 0 Å². The lowest BCUT2D eigenvalue weighted by molar-refractivity contribution is 0.287. The summed E-state index contributed by atoms with van der Waals surface area (Å²) < 4.78 is 13.1. The van der Waals surface area contributed by atoms with E-state index >= 15 is 0 Å². The molecule has 2 aliphatic carbocycles. The highest BCUT2D eigenvalue weighted by atomic mass is 19.1. The minimum atomic E-state index is -0.0983. The maximum atomic E-state index is 13.1. The van der Waals surface area contributed by atoms with E-state index in [-0.39, 0.29) is 5.82 Å². The van der Waals surface area contributed by atoms with Crippen LogP contribution in [0.4, 0.5) is 4.39 Å². The first-order chi connectivity index (χ1) is 8.33. The molecule has 0 amide bonds. The van der Waals surface area contributed by atoms with Crippen LogP contribution in [0.5, 0.6) is 0 Å². The van der Waals surface area contributed by atoms with Crippen molar-refractivity contribution in [3.63, 3.8) is 0 Å². The van der Waals surface area contributed by atoms with Crippen molar-refractivity contribution >= 4 is 0 Å². The Kier molecular flexibility index (Phi) is 3.15. The molecule has 0 bridgehead atoms. The van der Waals surface area contributed by atoms with Crippen LogP contribution in [0.1, 0.15) is 49.3 Å². The highest BCUT2D eigenvalue weighted by Crippen LogP contribution is 2.32. The zero-order valence-corrected chi connectivity index (χ0v) is 10.2. The Hall–Kier alpha value is -0.890. The molecule has 1 nitrogen and oxygen atoms in total. The Labute approximate surface area is 102 Å². The molecule has 1 N–H and O–H groups in total. The van der Waals surface area contributed by atoms with Crippen molar-refractivity contribution in [1.82, 2.24) is 5.32 Å². The molecule has 1 saturated carbocycles. The number of rotatable bonds is 4. The first-order valence-corrected chi connectivity index (χ1v) is 6.84. The van der Waals surface area contributed by atoms with Crippen molar-refractivity contribution in [1.29, 1.82) is 0 Å². The summed E-state index contributed by atoms with van der Waals surface area (Å²) in [4.78, 5) is 0. The minimum Gasteiger partial charge on any atom is -0.310 e. The Morgan fingerprint density at radius 1 is 1.24 bits per heavy atom. The molecule has 92 valence electrons. The number of hydrogen-bond acceptors (Lipinski definition) is 1. The van der Waals surface area contributed by atoms with E-state index in [0.29, 0.717) is 6.04 Å². The molecule has 0 saturated heterocycles. The zero-order valence-electron chi connectivity index (χ0n) is 10.2. The topological polar surface area (TPSA) is 12.0 Å². The second-order valence-electron chi connectivity index (χ2n) is 5.47. The highest BCUT2D eigenvalue weighted by molar-refractivity contribution is 5.34. The molecular formula is C15H20FN. The summed E-state index contributed by atoms with van der Waals surface area (Å²) in [5.41, 5.74) is 2.52.